The summed E-state index contributed by atoms with van der Waals surface area (Å²) in [5.74, 6) is 0.382. The maximum absolute atomic E-state index is 12.8. The Labute approximate surface area is 176 Å². The van der Waals surface area contributed by atoms with E-state index in [-0.39, 0.29) is 10.8 Å². The zero-order chi connectivity index (χ0) is 21.3. The summed E-state index contributed by atoms with van der Waals surface area (Å²) in [6.07, 6.45) is 3.98. The first-order chi connectivity index (χ1) is 14.5. The molecule has 0 bridgehead atoms. The second-order valence-electron chi connectivity index (χ2n) is 6.86. The van der Waals surface area contributed by atoms with Crippen molar-refractivity contribution in [1.82, 2.24) is 35.0 Å². The van der Waals surface area contributed by atoms with Crippen molar-refractivity contribution in [3.8, 4) is 18.0 Å². The number of pyridine rings is 1. The maximum atomic E-state index is 12.8. The summed E-state index contributed by atoms with van der Waals surface area (Å²) in [6.45, 7) is 1.74. The highest BCUT2D eigenvalue weighted by Crippen LogP contribution is 2.47. The fourth-order valence-electron chi connectivity index (χ4n) is 3.01. The van der Waals surface area contributed by atoms with Crippen molar-refractivity contribution in [2.75, 3.05) is 0 Å². The quantitative estimate of drug-likeness (QED) is 0.618. The molecule has 3 aromatic rings. The molecule has 4 rings (SSSR count). The number of carbonyl (C=O) groups is 1. The third-order valence-corrected chi connectivity index (χ3v) is 5.00. The average Bonchev–Trinajstić information content (AvgIpc) is 3.41. The van der Waals surface area contributed by atoms with E-state index < -0.39 is 17.4 Å². The van der Waals surface area contributed by atoms with E-state index in [9.17, 15) is 10.1 Å². The summed E-state index contributed by atoms with van der Waals surface area (Å²) < 4.78 is 1.42. The van der Waals surface area contributed by atoms with Crippen LogP contribution in [-0.2, 0) is 5.41 Å². The lowest BCUT2D eigenvalue weighted by Crippen LogP contribution is -2.29. The Morgan fingerprint density at radius 3 is 2.73 bits per heavy atom. The minimum absolute atomic E-state index is 0.153. The number of nitrogens with one attached hydrogen (secondary N) is 1. The molecule has 1 N–H and O–H groups in total. The molecule has 0 aromatic carbocycles. The molecular formula is C19H14ClN9O. The normalized spacial score (nSPS) is 14.9. The minimum atomic E-state index is -0.656. The number of nitrogens with zero attached hydrogens (tertiary/aromatic N) is 8. The smallest absolute Gasteiger partial charge is 0.252 e. The number of rotatable bonds is 5. The molecule has 30 heavy (non-hydrogen) atoms. The van der Waals surface area contributed by atoms with Gasteiger partial charge in [0, 0.05) is 11.6 Å². The summed E-state index contributed by atoms with van der Waals surface area (Å²) in [5.41, 5.74) is 0.335. The van der Waals surface area contributed by atoms with Crippen LogP contribution in [0.25, 0.3) is 5.82 Å². The Hall–Kier alpha value is -3.89. The third kappa shape index (κ3) is 3.56. The van der Waals surface area contributed by atoms with Crippen LogP contribution < -0.4 is 5.32 Å². The number of amides is 1. The largest absolute Gasteiger partial charge is 0.342 e. The van der Waals surface area contributed by atoms with E-state index in [4.69, 9.17) is 16.9 Å². The van der Waals surface area contributed by atoms with Crippen molar-refractivity contribution in [2.45, 2.75) is 31.2 Å². The zero-order valence-electron chi connectivity index (χ0n) is 15.7. The summed E-state index contributed by atoms with van der Waals surface area (Å²) in [5, 5.41) is 25.5. The highest BCUT2D eigenvalue weighted by Gasteiger charge is 2.46. The van der Waals surface area contributed by atoms with Crippen LogP contribution in [0.3, 0.4) is 0 Å². The first-order valence-electron chi connectivity index (χ1n) is 8.98. The van der Waals surface area contributed by atoms with Gasteiger partial charge in [-0.15, -0.1) is 0 Å². The molecule has 1 aliphatic rings. The molecule has 1 unspecified atom stereocenters. The Kier molecular flexibility index (Phi) is 4.86. The standard InChI is InChI=1S/C19H14ClN9O/c1-11(17-25-10-26-29(17)16-6-13(7-21)23-9-24-16)27-18(30)12-4-14(28-15(20)5-12)19(8-22)2-3-19/h4-6,9-11H,2-3H2,1H3,(H,27,30). The number of halogens is 1. The van der Waals surface area contributed by atoms with Crippen molar-refractivity contribution in [3.63, 3.8) is 0 Å². The van der Waals surface area contributed by atoms with Gasteiger partial charge in [-0.3, -0.25) is 4.79 Å². The molecule has 11 heteroatoms. The van der Waals surface area contributed by atoms with Gasteiger partial charge in [-0.05, 0) is 31.9 Å². The summed E-state index contributed by atoms with van der Waals surface area (Å²) in [7, 11) is 0. The molecule has 148 valence electrons. The molecule has 3 aromatic heterocycles. The Morgan fingerprint density at radius 2 is 2.03 bits per heavy atom. The molecule has 10 nitrogen and oxygen atoms in total. The number of aromatic nitrogens is 6. The van der Waals surface area contributed by atoms with E-state index in [0.29, 0.717) is 35.7 Å². The van der Waals surface area contributed by atoms with Crippen molar-refractivity contribution in [3.05, 3.63) is 58.8 Å². The van der Waals surface area contributed by atoms with Gasteiger partial charge in [-0.1, -0.05) is 11.6 Å². The van der Waals surface area contributed by atoms with Crippen LogP contribution in [0.5, 0.6) is 0 Å². The second-order valence-corrected chi connectivity index (χ2v) is 7.24. The van der Waals surface area contributed by atoms with E-state index in [2.05, 4.69) is 36.4 Å². The fourth-order valence-corrected chi connectivity index (χ4v) is 3.22. The maximum Gasteiger partial charge on any atom is 0.252 e. The average molecular weight is 420 g/mol. The molecule has 1 saturated carbocycles. The van der Waals surface area contributed by atoms with Crippen LogP contribution >= 0.6 is 11.6 Å². The molecule has 0 saturated heterocycles. The van der Waals surface area contributed by atoms with Crippen molar-refractivity contribution in [2.24, 2.45) is 0 Å². The summed E-state index contributed by atoms with van der Waals surface area (Å²) >= 11 is 6.09. The van der Waals surface area contributed by atoms with Crippen LogP contribution in [0.1, 0.15) is 53.4 Å². The van der Waals surface area contributed by atoms with Gasteiger partial charge >= 0.3 is 0 Å². The predicted molar refractivity (Wildman–Crippen MR) is 103 cm³/mol. The van der Waals surface area contributed by atoms with Gasteiger partial charge in [-0.25, -0.2) is 19.9 Å². The number of hydrogen-bond donors (Lipinski definition) is 1. The van der Waals surface area contributed by atoms with Gasteiger partial charge in [-0.2, -0.15) is 20.3 Å². The molecule has 0 spiro atoms. The highest BCUT2D eigenvalue weighted by atomic mass is 35.5. The highest BCUT2D eigenvalue weighted by molar-refractivity contribution is 6.29. The third-order valence-electron chi connectivity index (χ3n) is 4.80. The topological polar surface area (TPSA) is 146 Å². The Bertz CT molecular complexity index is 1220. The molecule has 1 atom stereocenters. The molecule has 0 radical (unpaired) electrons. The lowest BCUT2D eigenvalue weighted by molar-refractivity contribution is 0.0937. The van der Waals surface area contributed by atoms with Crippen molar-refractivity contribution >= 4 is 17.5 Å². The van der Waals surface area contributed by atoms with Crippen LogP contribution in [0, 0.1) is 22.7 Å². The number of carbonyl (C=O) groups excluding carboxylic acids is 1. The van der Waals surface area contributed by atoms with Crippen LogP contribution in [0.15, 0.2) is 30.9 Å². The van der Waals surface area contributed by atoms with Crippen molar-refractivity contribution in [1.29, 1.82) is 10.5 Å². The number of hydrogen-bond acceptors (Lipinski definition) is 8. The Balaban J connectivity index is 1.58. The fraction of sp³-hybridized carbons (Fsp3) is 0.263. The molecule has 1 aliphatic carbocycles. The summed E-state index contributed by atoms with van der Waals surface area (Å²) in [4.78, 5) is 29.2. The lowest BCUT2D eigenvalue weighted by atomic mass is 10.0. The SMILES string of the molecule is CC(NC(=O)c1cc(Cl)nc(C2(C#N)CC2)c1)c1ncnn1-c1cc(C#N)ncn1. The van der Waals surface area contributed by atoms with Crippen LogP contribution in [0.4, 0.5) is 0 Å². The van der Waals surface area contributed by atoms with Gasteiger partial charge in [0.15, 0.2) is 11.6 Å². The lowest BCUT2D eigenvalue weighted by Gasteiger charge is -2.15. The van der Waals surface area contributed by atoms with Crippen LogP contribution in [-0.4, -0.2) is 35.6 Å². The van der Waals surface area contributed by atoms with Gasteiger partial charge in [0.1, 0.15) is 29.6 Å². The van der Waals surface area contributed by atoms with Crippen molar-refractivity contribution < 1.29 is 4.79 Å². The molecule has 3 heterocycles. The minimum Gasteiger partial charge on any atom is -0.342 e. The van der Waals surface area contributed by atoms with Gasteiger partial charge < -0.3 is 5.32 Å². The van der Waals surface area contributed by atoms with E-state index >= 15 is 0 Å². The van der Waals surface area contributed by atoms with Gasteiger partial charge in [0.25, 0.3) is 5.91 Å². The first-order valence-corrected chi connectivity index (χ1v) is 9.36. The Morgan fingerprint density at radius 1 is 1.23 bits per heavy atom. The van der Waals surface area contributed by atoms with Gasteiger partial charge in [0.2, 0.25) is 0 Å². The predicted octanol–water partition coefficient (Wildman–Crippen LogP) is 2.02. The van der Waals surface area contributed by atoms with Gasteiger partial charge in [0.05, 0.1) is 23.2 Å². The monoisotopic (exact) mass is 419 g/mol. The van der Waals surface area contributed by atoms with E-state index in [1.807, 2.05) is 6.07 Å². The zero-order valence-corrected chi connectivity index (χ0v) is 16.5. The van der Waals surface area contributed by atoms with E-state index in [0.717, 1.165) is 0 Å². The molecule has 0 aliphatic heterocycles. The molecular weight excluding hydrogens is 406 g/mol. The second kappa shape index (κ2) is 7.50. The summed E-state index contributed by atoms with van der Waals surface area (Å²) in [6, 6.07) is 8.17. The molecule has 1 fully saturated rings. The molecule has 1 amide bonds. The van der Waals surface area contributed by atoms with E-state index in [1.165, 1.54) is 29.5 Å². The van der Waals surface area contributed by atoms with Crippen LogP contribution in [0.2, 0.25) is 5.15 Å². The number of nitriles is 2. The van der Waals surface area contributed by atoms with E-state index in [1.54, 1.807) is 13.0 Å². The first kappa shape index (κ1) is 19.4.